The first-order valence-electron chi connectivity index (χ1n) is 5.32. The van der Waals surface area contributed by atoms with Crippen LogP contribution in [-0.2, 0) is 12.8 Å². The Labute approximate surface area is 95.0 Å². The monoisotopic (exact) mass is 211 g/mol. The largest absolute Gasteiger partial charge is 0.296 e. The maximum absolute atomic E-state index is 10.6. The number of aromatic nitrogens is 1. The molecule has 1 heterocycles. The summed E-state index contributed by atoms with van der Waals surface area (Å²) in [5, 5.41) is 0. The van der Waals surface area contributed by atoms with Crippen molar-refractivity contribution in [3.05, 3.63) is 65.5 Å². The van der Waals surface area contributed by atoms with E-state index in [0.717, 1.165) is 24.7 Å². The van der Waals surface area contributed by atoms with E-state index in [1.165, 1.54) is 5.56 Å². The van der Waals surface area contributed by atoms with E-state index in [2.05, 4.69) is 17.1 Å². The molecule has 0 fully saturated rings. The lowest BCUT2D eigenvalue weighted by Crippen LogP contribution is -1.94. The molecule has 0 saturated heterocycles. The molecule has 0 bridgehead atoms. The van der Waals surface area contributed by atoms with Gasteiger partial charge in [0.05, 0.1) is 0 Å². The van der Waals surface area contributed by atoms with Crippen LogP contribution in [0.15, 0.2) is 48.7 Å². The fraction of sp³-hybridized carbons (Fsp3) is 0.143. The fourth-order valence-corrected chi connectivity index (χ4v) is 1.65. The summed E-state index contributed by atoms with van der Waals surface area (Å²) >= 11 is 0. The van der Waals surface area contributed by atoms with Gasteiger partial charge >= 0.3 is 0 Å². The number of benzene rings is 1. The van der Waals surface area contributed by atoms with Crippen molar-refractivity contribution in [3.8, 4) is 0 Å². The SMILES string of the molecule is O=Cc1cc(CCc2ccccc2)ccn1. The van der Waals surface area contributed by atoms with Gasteiger partial charge in [0.1, 0.15) is 5.69 Å². The molecule has 0 aliphatic heterocycles. The van der Waals surface area contributed by atoms with Crippen LogP contribution in [0, 0.1) is 0 Å². The molecular weight excluding hydrogens is 198 g/mol. The third kappa shape index (κ3) is 2.76. The van der Waals surface area contributed by atoms with Crippen molar-refractivity contribution in [1.82, 2.24) is 4.98 Å². The molecule has 0 unspecified atom stereocenters. The molecule has 1 aromatic carbocycles. The quantitative estimate of drug-likeness (QED) is 0.728. The average Bonchev–Trinajstić information content (AvgIpc) is 2.38. The number of nitrogens with zero attached hydrogens (tertiary/aromatic N) is 1. The molecule has 0 spiro atoms. The van der Waals surface area contributed by atoms with Crippen LogP contribution in [-0.4, -0.2) is 11.3 Å². The highest BCUT2D eigenvalue weighted by molar-refractivity contribution is 5.71. The maximum Gasteiger partial charge on any atom is 0.168 e. The van der Waals surface area contributed by atoms with Crippen LogP contribution in [0.2, 0.25) is 0 Å². The van der Waals surface area contributed by atoms with E-state index in [9.17, 15) is 4.79 Å². The van der Waals surface area contributed by atoms with E-state index < -0.39 is 0 Å². The zero-order valence-electron chi connectivity index (χ0n) is 8.97. The van der Waals surface area contributed by atoms with Crippen molar-refractivity contribution in [3.63, 3.8) is 0 Å². The highest BCUT2D eigenvalue weighted by Crippen LogP contribution is 2.07. The first-order valence-corrected chi connectivity index (χ1v) is 5.32. The standard InChI is InChI=1S/C14H13NO/c16-11-14-10-13(8-9-15-14)7-6-12-4-2-1-3-5-12/h1-5,8-11H,6-7H2. The second kappa shape index (κ2) is 5.21. The summed E-state index contributed by atoms with van der Waals surface area (Å²) in [6.07, 6.45) is 4.40. The lowest BCUT2D eigenvalue weighted by molar-refractivity contribution is 0.111. The second-order valence-corrected chi connectivity index (χ2v) is 3.69. The topological polar surface area (TPSA) is 30.0 Å². The number of hydrogen-bond acceptors (Lipinski definition) is 2. The molecule has 2 aromatic rings. The van der Waals surface area contributed by atoms with Gasteiger partial charge in [0.15, 0.2) is 6.29 Å². The Morgan fingerprint density at radius 3 is 2.50 bits per heavy atom. The van der Waals surface area contributed by atoms with E-state index in [1.54, 1.807) is 6.20 Å². The molecule has 0 saturated carbocycles. The van der Waals surface area contributed by atoms with Crippen molar-refractivity contribution in [2.75, 3.05) is 0 Å². The number of pyridine rings is 1. The summed E-state index contributed by atoms with van der Waals surface area (Å²) in [6.45, 7) is 0. The van der Waals surface area contributed by atoms with Crippen molar-refractivity contribution < 1.29 is 4.79 Å². The predicted molar refractivity (Wildman–Crippen MR) is 63.5 cm³/mol. The second-order valence-electron chi connectivity index (χ2n) is 3.69. The Morgan fingerprint density at radius 1 is 1.00 bits per heavy atom. The molecule has 2 nitrogen and oxygen atoms in total. The molecule has 2 heteroatoms. The third-order valence-corrected chi connectivity index (χ3v) is 2.51. The minimum atomic E-state index is 0.505. The lowest BCUT2D eigenvalue weighted by atomic mass is 10.1. The normalized spacial score (nSPS) is 10.0. The number of rotatable bonds is 4. The summed E-state index contributed by atoms with van der Waals surface area (Å²) in [5.41, 5.74) is 2.97. The van der Waals surface area contributed by atoms with Crippen LogP contribution in [0.4, 0.5) is 0 Å². The van der Waals surface area contributed by atoms with Gasteiger partial charge in [-0.1, -0.05) is 30.3 Å². The molecule has 0 aliphatic rings. The summed E-state index contributed by atoms with van der Waals surface area (Å²) in [7, 11) is 0. The molecule has 0 radical (unpaired) electrons. The molecule has 80 valence electrons. The Hall–Kier alpha value is -1.96. The Kier molecular flexibility index (Phi) is 3.44. The van der Waals surface area contributed by atoms with Gasteiger partial charge in [-0.2, -0.15) is 0 Å². The molecule has 2 rings (SSSR count). The van der Waals surface area contributed by atoms with Gasteiger partial charge in [-0.25, -0.2) is 0 Å². The Balaban J connectivity index is 2.02. The number of carbonyl (C=O) groups is 1. The van der Waals surface area contributed by atoms with Crippen LogP contribution >= 0.6 is 0 Å². The molecule has 0 amide bonds. The van der Waals surface area contributed by atoms with Gasteiger partial charge in [0, 0.05) is 6.20 Å². The number of carbonyl (C=O) groups excluding carboxylic acids is 1. The van der Waals surface area contributed by atoms with E-state index in [1.807, 2.05) is 30.3 Å². The van der Waals surface area contributed by atoms with Crippen LogP contribution in [0.3, 0.4) is 0 Å². The van der Waals surface area contributed by atoms with Crippen LogP contribution < -0.4 is 0 Å². The molecule has 1 aromatic heterocycles. The molecule has 0 N–H and O–H groups in total. The fourth-order valence-electron chi connectivity index (χ4n) is 1.65. The van der Waals surface area contributed by atoms with E-state index in [0.29, 0.717) is 5.69 Å². The first-order chi connectivity index (χ1) is 7.88. The van der Waals surface area contributed by atoms with Gasteiger partial charge in [0.2, 0.25) is 0 Å². The minimum Gasteiger partial charge on any atom is -0.296 e. The van der Waals surface area contributed by atoms with E-state index in [-0.39, 0.29) is 0 Å². The predicted octanol–water partition coefficient (Wildman–Crippen LogP) is 2.68. The highest BCUT2D eigenvalue weighted by atomic mass is 16.1. The summed E-state index contributed by atoms with van der Waals surface area (Å²) < 4.78 is 0. The molecule has 16 heavy (non-hydrogen) atoms. The lowest BCUT2D eigenvalue weighted by Gasteiger charge is -2.02. The number of aryl methyl sites for hydroxylation is 2. The maximum atomic E-state index is 10.6. The summed E-state index contributed by atoms with van der Waals surface area (Å²) in [6, 6.07) is 14.1. The van der Waals surface area contributed by atoms with Gasteiger partial charge in [-0.15, -0.1) is 0 Å². The van der Waals surface area contributed by atoms with Crippen LogP contribution in [0.5, 0.6) is 0 Å². The van der Waals surface area contributed by atoms with Crippen molar-refractivity contribution in [2.24, 2.45) is 0 Å². The smallest absolute Gasteiger partial charge is 0.168 e. The summed E-state index contributed by atoms with van der Waals surface area (Å²) in [4.78, 5) is 14.5. The van der Waals surface area contributed by atoms with Crippen LogP contribution in [0.25, 0.3) is 0 Å². The van der Waals surface area contributed by atoms with E-state index in [4.69, 9.17) is 0 Å². The van der Waals surface area contributed by atoms with Crippen molar-refractivity contribution >= 4 is 6.29 Å². The number of hydrogen-bond donors (Lipinski definition) is 0. The van der Waals surface area contributed by atoms with E-state index >= 15 is 0 Å². The first kappa shape index (κ1) is 10.6. The molecule has 0 aliphatic carbocycles. The highest BCUT2D eigenvalue weighted by Gasteiger charge is 1.97. The zero-order valence-corrected chi connectivity index (χ0v) is 8.97. The van der Waals surface area contributed by atoms with Crippen molar-refractivity contribution in [1.29, 1.82) is 0 Å². The van der Waals surface area contributed by atoms with Crippen LogP contribution in [0.1, 0.15) is 21.6 Å². The Bertz CT molecular complexity index is 465. The molecular formula is C14H13NO. The van der Waals surface area contributed by atoms with Gasteiger partial charge < -0.3 is 0 Å². The number of aldehydes is 1. The third-order valence-electron chi connectivity index (χ3n) is 2.51. The average molecular weight is 211 g/mol. The molecule has 0 atom stereocenters. The van der Waals surface area contributed by atoms with Gasteiger partial charge in [0.25, 0.3) is 0 Å². The zero-order chi connectivity index (χ0) is 11.2. The summed E-state index contributed by atoms with van der Waals surface area (Å²) in [5.74, 6) is 0. The Morgan fingerprint density at radius 2 is 1.75 bits per heavy atom. The van der Waals surface area contributed by atoms with Gasteiger partial charge in [-0.3, -0.25) is 9.78 Å². The van der Waals surface area contributed by atoms with Crippen molar-refractivity contribution in [2.45, 2.75) is 12.8 Å². The minimum absolute atomic E-state index is 0.505. The van der Waals surface area contributed by atoms with Gasteiger partial charge in [-0.05, 0) is 36.1 Å².